The van der Waals surface area contributed by atoms with E-state index in [9.17, 15) is 36.8 Å². The van der Waals surface area contributed by atoms with Crippen molar-refractivity contribution in [3.63, 3.8) is 0 Å². The number of nitrogens with one attached hydrogen (secondary N) is 3. The molecule has 6 rings (SSSR count). The molecule has 3 fully saturated rings. The Morgan fingerprint density at radius 2 is 1.74 bits per heavy atom. The number of amides is 5. The molecule has 14 nitrogen and oxygen atoms in total. The molecule has 2 aromatic rings. The third-order valence-corrected chi connectivity index (χ3v) is 13.2. The lowest BCUT2D eigenvalue weighted by Gasteiger charge is -2.30. The molecule has 294 valence electrons. The van der Waals surface area contributed by atoms with E-state index in [4.69, 9.17) is 9.47 Å². The van der Waals surface area contributed by atoms with E-state index in [0.29, 0.717) is 24.0 Å². The Labute approximate surface area is 318 Å². The first-order valence-corrected chi connectivity index (χ1v) is 20.7. The number of hydrogen-bond acceptors (Lipinski definition) is 10. The Morgan fingerprint density at radius 3 is 2.43 bits per heavy atom. The molecule has 0 spiro atoms. The zero-order valence-electron chi connectivity index (χ0n) is 30.9. The van der Waals surface area contributed by atoms with Crippen LogP contribution >= 0.6 is 11.3 Å². The van der Waals surface area contributed by atoms with Gasteiger partial charge in [0.15, 0.2) is 0 Å². The van der Waals surface area contributed by atoms with Gasteiger partial charge in [0.1, 0.15) is 39.4 Å². The molecule has 54 heavy (non-hydrogen) atoms. The molecular weight excluding hydrogens is 742 g/mol. The number of ether oxygens (including phenoxy) is 2. The van der Waals surface area contributed by atoms with Crippen molar-refractivity contribution in [2.24, 2.45) is 5.92 Å². The number of hydrogen-bond donors (Lipinski definition) is 3. The van der Waals surface area contributed by atoms with Crippen LogP contribution in [0, 0.1) is 18.7 Å². The van der Waals surface area contributed by atoms with E-state index in [2.05, 4.69) is 15.4 Å². The number of aryl methyl sites for hydroxylation is 1. The summed E-state index contributed by atoms with van der Waals surface area (Å²) in [6, 6.07) is 5.34. The summed E-state index contributed by atoms with van der Waals surface area (Å²) in [5.41, 5.74) is -1.35. The number of carbonyl (C=O) groups excluding carboxylic acids is 5. The predicted octanol–water partition coefficient (Wildman–Crippen LogP) is 4.63. The van der Waals surface area contributed by atoms with E-state index in [1.807, 2.05) is 0 Å². The molecular formula is C37H48FN5O9S2. The fourth-order valence-electron chi connectivity index (χ4n) is 7.57. The standard InChI is InChI=1S/C37H48FN5O9S2/c1-22-15-16-30(53-22)54(49,50)41-33(46)37-18-24(37)12-8-6-5-7-9-14-28(39-34(47)52-36(2,3)4)32(45)43-20-25(17-29(43)31(44)40-37)51-35(48)42-19-23-11-10-13-27(38)26(23)21-42/h10-11,13,15-16,24-25,28-29H,5-9,12,14,17-21H2,1-4H3,(H,39,47)(H,40,44)(H,41,46)/t24-,25+,28-,29-,37+/m0/s1. The van der Waals surface area contributed by atoms with Crippen molar-refractivity contribution in [2.75, 3.05) is 6.54 Å². The van der Waals surface area contributed by atoms with Crippen molar-refractivity contribution in [2.45, 2.75) is 132 Å². The number of thiophene rings is 1. The van der Waals surface area contributed by atoms with Gasteiger partial charge in [0.2, 0.25) is 11.8 Å². The van der Waals surface area contributed by atoms with Crippen LogP contribution in [0.4, 0.5) is 14.0 Å². The monoisotopic (exact) mass is 789 g/mol. The number of benzene rings is 1. The number of rotatable bonds is 5. The van der Waals surface area contributed by atoms with Crippen LogP contribution in [-0.4, -0.2) is 84.0 Å². The summed E-state index contributed by atoms with van der Waals surface area (Å²) < 4.78 is 54.3. The van der Waals surface area contributed by atoms with Crippen LogP contribution in [0.1, 0.15) is 94.6 Å². The third-order valence-electron chi connectivity index (χ3n) is 10.4. The number of carbonyl (C=O) groups is 5. The van der Waals surface area contributed by atoms with Crippen LogP contribution in [0.3, 0.4) is 0 Å². The zero-order valence-corrected chi connectivity index (χ0v) is 32.6. The maximum atomic E-state index is 14.4. The minimum absolute atomic E-state index is 0.00499. The maximum Gasteiger partial charge on any atom is 0.410 e. The van der Waals surface area contributed by atoms with Crippen molar-refractivity contribution in [3.8, 4) is 0 Å². The number of nitrogens with zero attached hydrogens (tertiary/aromatic N) is 2. The molecule has 1 aromatic carbocycles. The van der Waals surface area contributed by atoms with E-state index in [1.165, 1.54) is 21.9 Å². The summed E-state index contributed by atoms with van der Waals surface area (Å²) in [4.78, 5) is 72.2. The van der Waals surface area contributed by atoms with Gasteiger partial charge in [-0.15, -0.1) is 11.3 Å². The quantitative estimate of drug-likeness (QED) is 0.389. The molecule has 4 heterocycles. The molecule has 5 amide bonds. The van der Waals surface area contributed by atoms with Crippen LogP contribution in [0.5, 0.6) is 0 Å². The van der Waals surface area contributed by atoms with Crippen LogP contribution in [-0.2, 0) is 47.0 Å². The number of alkyl carbamates (subject to hydrolysis) is 1. The van der Waals surface area contributed by atoms with Crippen molar-refractivity contribution >= 4 is 51.3 Å². The fourth-order valence-corrected chi connectivity index (χ4v) is 9.89. The highest BCUT2D eigenvalue weighted by Crippen LogP contribution is 2.48. The van der Waals surface area contributed by atoms with Gasteiger partial charge in [-0.1, -0.05) is 44.2 Å². The molecule has 2 saturated heterocycles. The lowest BCUT2D eigenvalue weighted by molar-refractivity contribution is -0.141. The van der Waals surface area contributed by atoms with Crippen LogP contribution in [0.2, 0.25) is 0 Å². The minimum atomic E-state index is -4.23. The van der Waals surface area contributed by atoms with Gasteiger partial charge < -0.3 is 25.0 Å². The predicted molar refractivity (Wildman–Crippen MR) is 195 cm³/mol. The van der Waals surface area contributed by atoms with E-state index >= 15 is 0 Å². The van der Waals surface area contributed by atoms with Gasteiger partial charge in [-0.05, 0) is 76.6 Å². The fraction of sp³-hybridized carbons (Fsp3) is 0.595. The molecule has 1 aromatic heterocycles. The molecule has 0 unspecified atom stereocenters. The number of sulfonamides is 1. The highest BCUT2D eigenvalue weighted by Gasteiger charge is 2.62. The Balaban J connectivity index is 1.26. The second kappa shape index (κ2) is 15.5. The van der Waals surface area contributed by atoms with Crippen molar-refractivity contribution in [1.29, 1.82) is 0 Å². The summed E-state index contributed by atoms with van der Waals surface area (Å²) in [5.74, 6) is -2.95. The maximum absolute atomic E-state index is 14.4. The van der Waals surface area contributed by atoms with E-state index in [-0.39, 0.29) is 49.0 Å². The van der Waals surface area contributed by atoms with Gasteiger partial charge >= 0.3 is 12.2 Å². The third kappa shape index (κ3) is 8.82. The lowest BCUT2D eigenvalue weighted by Crippen LogP contribution is -2.58. The molecule has 1 aliphatic carbocycles. The summed E-state index contributed by atoms with van der Waals surface area (Å²) >= 11 is 1.02. The molecule has 3 aliphatic heterocycles. The van der Waals surface area contributed by atoms with Crippen molar-refractivity contribution in [3.05, 3.63) is 52.2 Å². The first kappa shape index (κ1) is 39.4. The first-order valence-electron chi connectivity index (χ1n) is 18.4. The lowest BCUT2D eigenvalue weighted by atomic mass is 10.0. The summed E-state index contributed by atoms with van der Waals surface area (Å²) in [7, 11) is -4.23. The second-order valence-corrected chi connectivity index (χ2v) is 18.9. The molecule has 0 bridgehead atoms. The van der Waals surface area contributed by atoms with Crippen molar-refractivity contribution < 1.29 is 46.3 Å². The summed E-state index contributed by atoms with van der Waals surface area (Å²) in [5, 5.41) is 5.51. The van der Waals surface area contributed by atoms with Gasteiger partial charge in [0, 0.05) is 23.4 Å². The van der Waals surface area contributed by atoms with Crippen molar-refractivity contribution in [1.82, 2.24) is 25.2 Å². The second-order valence-electron chi connectivity index (χ2n) is 15.7. The van der Waals surface area contributed by atoms with Gasteiger partial charge in [0.25, 0.3) is 15.9 Å². The van der Waals surface area contributed by atoms with Gasteiger partial charge in [0.05, 0.1) is 13.1 Å². The number of fused-ring (bicyclic) bond motifs is 3. The van der Waals surface area contributed by atoms with E-state index in [0.717, 1.165) is 41.9 Å². The Morgan fingerprint density at radius 1 is 1.02 bits per heavy atom. The van der Waals surface area contributed by atoms with Gasteiger partial charge in [-0.3, -0.25) is 19.3 Å². The summed E-state index contributed by atoms with van der Waals surface area (Å²) in [6.07, 6.45) is 2.13. The van der Waals surface area contributed by atoms with Crippen LogP contribution in [0.15, 0.2) is 34.5 Å². The molecule has 0 radical (unpaired) electrons. The van der Waals surface area contributed by atoms with Crippen LogP contribution < -0.4 is 15.4 Å². The first-order chi connectivity index (χ1) is 25.5. The van der Waals surface area contributed by atoms with Crippen LogP contribution in [0.25, 0.3) is 0 Å². The molecule has 17 heteroatoms. The smallest absolute Gasteiger partial charge is 0.410 e. The highest BCUT2D eigenvalue weighted by atomic mass is 32.2. The van der Waals surface area contributed by atoms with Gasteiger partial charge in [-0.25, -0.2) is 27.1 Å². The highest BCUT2D eigenvalue weighted by molar-refractivity contribution is 7.92. The average molecular weight is 790 g/mol. The normalized spacial score (nSPS) is 26.3. The van der Waals surface area contributed by atoms with E-state index in [1.54, 1.807) is 45.9 Å². The Kier molecular flexibility index (Phi) is 11.3. The number of halogens is 1. The molecule has 5 atom stereocenters. The molecule has 3 N–H and O–H groups in total. The summed E-state index contributed by atoms with van der Waals surface area (Å²) in [6.45, 7) is 6.76. The van der Waals surface area contributed by atoms with E-state index < -0.39 is 75.1 Å². The molecule has 4 aliphatic rings. The Hall–Kier alpha value is -4.25. The molecule has 1 saturated carbocycles. The zero-order chi connectivity index (χ0) is 39.0. The average Bonchev–Trinajstić information content (AvgIpc) is 3.46. The largest absolute Gasteiger partial charge is 0.444 e. The Bertz CT molecular complexity index is 1910. The minimum Gasteiger partial charge on any atom is -0.444 e. The topological polar surface area (TPSA) is 181 Å². The van der Waals surface area contributed by atoms with Gasteiger partial charge in [-0.2, -0.15) is 0 Å². The SMILES string of the molecule is Cc1ccc(S(=O)(=O)NC(=O)[C@@]23C[C@@H]2CCCCCCC[C@H](NC(=O)OC(C)(C)C)C(=O)N2C[C@H](OC(=O)N4Cc5cccc(F)c5C4)C[C@H]2C(=O)N3)s1.